The van der Waals surface area contributed by atoms with E-state index >= 15 is 0 Å². The molecule has 2 atom stereocenters. The molecule has 382 valence electrons. The second kappa shape index (κ2) is 26.1. The number of nitriles is 2. The van der Waals surface area contributed by atoms with Crippen molar-refractivity contribution in [2.45, 2.75) is 30.0 Å². The number of piperidine rings is 2. The SMILES string of the molecule is CN1CCCC(COc2ccc(N)cc2)C1.CN1CCCC(COc2ccc(Nc3nc4ncc(C#N)c(Oc5ccc(Cl)cc5Cl)c4s3)cc2)C1.CSc1nc2ncc(C#N)c(Oc3ccc(Cl)cc3Cl)c2s1. The average Bonchev–Trinajstić information content (AvgIpc) is 4.02. The number of nitrogens with two attached hydrogens (primary N) is 1. The molecule has 6 heterocycles. The van der Waals surface area contributed by atoms with Crippen molar-refractivity contribution in [3.05, 3.63) is 129 Å². The number of fused-ring (bicyclic) bond motifs is 2. The van der Waals surface area contributed by atoms with E-state index in [4.69, 9.17) is 71.1 Å². The first-order valence-electron chi connectivity index (χ1n) is 23.4. The molecule has 0 aliphatic carbocycles. The lowest BCUT2D eigenvalue weighted by molar-refractivity contribution is 0.150. The molecule has 14 nitrogen and oxygen atoms in total. The van der Waals surface area contributed by atoms with Gasteiger partial charge in [-0.2, -0.15) is 15.5 Å². The average molecular weight is 1130 g/mol. The van der Waals surface area contributed by atoms with Crippen molar-refractivity contribution in [1.82, 2.24) is 29.7 Å². The molecule has 0 spiro atoms. The largest absolute Gasteiger partial charge is 0.493 e. The number of aromatic nitrogens is 4. The van der Waals surface area contributed by atoms with Crippen molar-refractivity contribution in [1.29, 1.82) is 10.5 Å². The topological polar surface area (TPSA) is 181 Å². The van der Waals surface area contributed by atoms with E-state index in [2.05, 4.69) is 61.3 Å². The molecule has 0 bridgehead atoms. The number of halogens is 4. The number of hydrogen-bond donors (Lipinski definition) is 2. The summed E-state index contributed by atoms with van der Waals surface area (Å²) in [6.07, 6.45) is 9.82. The Hall–Kier alpha value is -5.83. The number of anilines is 3. The number of pyridine rings is 2. The zero-order valence-electron chi connectivity index (χ0n) is 40.5. The molecule has 74 heavy (non-hydrogen) atoms. The van der Waals surface area contributed by atoms with Crippen LogP contribution in [0.2, 0.25) is 20.1 Å². The number of benzene rings is 4. The zero-order valence-corrected chi connectivity index (χ0v) is 46.0. The third-order valence-electron chi connectivity index (χ3n) is 11.8. The van der Waals surface area contributed by atoms with Gasteiger partial charge in [-0.1, -0.05) is 69.5 Å². The summed E-state index contributed by atoms with van der Waals surface area (Å²) in [5, 5.41) is 24.5. The van der Waals surface area contributed by atoms with Crippen LogP contribution in [0.15, 0.2) is 102 Å². The minimum Gasteiger partial charge on any atom is -0.493 e. The van der Waals surface area contributed by atoms with Gasteiger partial charge < -0.3 is 39.8 Å². The van der Waals surface area contributed by atoms with Gasteiger partial charge >= 0.3 is 0 Å². The predicted octanol–water partition coefficient (Wildman–Crippen LogP) is 14.5. The van der Waals surface area contributed by atoms with E-state index in [1.54, 1.807) is 36.4 Å². The van der Waals surface area contributed by atoms with Crippen LogP contribution >= 0.6 is 80.8 Å². The highest BCUT2D eigenvalue weighted by atomic mass is 35.5. The number of nitrogens with one attached hydrogen (secondary N) is 1. The summed E-state index contributed by atoms with van der Waals surface area (Å²) >= 11 is 28.6. The quantitative estimate of drug-likeness (QED) is 0.0821. The van der Waals surface area contributed by atoms with Crippen LogP contribution in [0.25, 0.3) is 20.7 Å². The first-order valence-corrected chi connectivity index (χ1v) is 27.8. The van der Waals surface area contributed by atoms with Gasteiger partial charge in [-0.3, -0.25) is 0 Å². The van der Waals surface area contributed by atoms with Gasteiger partial charge in [0.1, 0.15) is 55.7 Å². The number of nitrogen functional groups attached to an aromatic ring is 1. The van der Waals surface area contributed by atoms with E-state index in [-0.39, 0.29) is 5.56 Å². The lowest BCUT2D eigenvalue weighted by Crippen LogP contribution is -2.34. The van der Waals surface area contributed by atoms with Crippen molar-refractivity contribution in [2.75, 3.05) is 70.8 Å². The van der Waals surface area contributed by atoms with E-state index in [0.29, 0.717) is 81.6 Å². The molecule has 21 heteroatoms. The van der Waals surface area contributed by atoms with Crippen LogP contribution in [0.3, 0.4) is 0 Å². The Labute approximate surface area is 461 Å². The van der Waals surface area contributed by atoms with E-state index in [9.17, 15) is 10.5 Å². The van der Waals surface area contributed by atoms with Crippen LogP contribution in [0.4, 0.5) is 16.5 Å². The van der Waals surface area contributed by atoms with Gasteiger partial charge in [0.25, 0.3) is 0 Å². The molecule has 3 N–H and O–H groups in total. The summed E-state index contributed by atoms with van der Waals surface area (Å²) in [4.78, 5) is 22.2. The fraction of sp³-hybridized carbons (Fsp3) is 0.283. The summed E-state index contributed by atoms with van der Waals surface area (Å²) in [5.74, 6) is 4.57. The first kappa shape index (κ1) is 54.4. The number of thioether (sulfide) groups is 1. The molecular weight excluding hydrogens is 1080 g/mol. The maximum absolute atomic E-state index is 9.61. The van der Waals surface area contributed by atoms with Crippen molar-refractivity contribution in [3.63, 3.8) is 0 Å². The highest BCUT2D eigenvalue weighted by Crippen LogP contribution is 2.42. The predicted molar refractivity (Wildman–Crippen MR) is 301 cm³/mol. The summed E-state index contributed by atoms with van der Waals surface area (Å²) < 4.78 is 25.9. The number of ether oxygens (including phenoxy) is 4. The standard InChI is InChI=1S/C26H23Cl2N5O2S.C14H7Cl2N3OS2.C13H20N2O/c1-33-10-2-3-16(14-33)15-34-20-7-5-19(6-8-20)31-26-32-25-24(36-26)23(17(12-29)13-30-25)35-22-9-4-18(27)11-21(22)28;1-21-14-19-13-12(22-14)11(7(5-17)6-18-13)20-10-3-2-8(15)4-9(10)16;1-15-8-2-3-11(9-15)10-16-13-6-4-12(14)5-7-13/h4-9,11,13,16H,2-3,10,14-15H2,1H3,(H,30,31,32);2-4,6H,1H3;4-7,11H,2-3,8-10,14H2,1H3. The Kier molecular flexibility index (Phi) is 19.2. The maximum atomic E-state index is 9.61. The molecule has 2 aliphatic rings. The summed E-state index contributed by atoms with van der Waals surface area (Å²) in [6, 6.07) is 29.5. The fourth-order valence-corrected chi connectivity index (χ4v) is 11.4. The Morgan fingerprint density at radius 2 is 1.18 bits per heavy atom. The van der Waals surface area contributed by atoms with Gasteiger partial charge in [0, 0.05) is 46.3 Å². The molecule has 4 aromatic carbocycles. The van der Waals surface area contributed by atoms with Crippen LogP contribution in [-0.4, -0.2) is 89.5 Å². The molecule has 2 aliphatic heterocycles. The Morgan fingerprint density at radius 3 is 1.65 bits per heavy atom. The lowest BCUT2D eigenvalue weighted by atomic mass is 10.00. The number of hydrogen-bond acceptors (Lipinski definition) is 17. The van der Waals surface area contributed by atoms with Gasteiger partial charge in [-0.05, 0) is 144 Å². The van der Waals surface area contributed by atoms with Crippen molar-refractivity contribution < 1.29 is 18.9 Å². The zero-order chi connectivity index (χ0) is 52.1. The monoisotopic (exact) mass is 1130 g/mol. The van der Waals surface area contributed by atoms with Crippen LogP contribution in [0.1, 0.15) is 36.8 Å². The molecule has 10 rings (SSSR count). The number of thiazole rings is 2. The van der Waals surface area contributed by atoms with Gasteiger partial charge in [-0.15, -0.1) is 11.3 Å². The second-order valence-electron chi connectivity index (χ2n) is 17.5. The van der Waals surface area contributed by atoms with Crippen LogP contribution in [0.5, 0.6) is 34.5 Å². The minimum absolute atomic E-state index is 0.286. The van der Waals surface area contributed by atoms with Crippen LogP contribution < -0.4 is 30.0 Å². The van der Waals surface area contributed by atoms with E-state index in [0.717, 1.165) is 58.2 Å². The third-order valence-corrected chi connectivity index (χ3v) is 15.8. The van der Waals surface area contributed by atoms with E-state index in [1.807, 2.05) is 54.8 Å². The molecule has 2 saturated heterocycles. The maximum Gasteiger partial charge on any atom is 0.189 e. The normalized spacial score (nSPS) is 15.7. The highest BCUT2D eigenvalue weighted by Gasteiger charge is 2.21. The first-order chi connectivity index (χ1) is 35.8. The molecule has 0 amide bonds. The number of likely N-dealkylation sites (tertiary alicyclic amines) is 2. The van der Waals surface area contributed by atoms with E-state index < -0.39 is 0 Å². The molecular formula is C53H50Cl4N10O4S3. The molecule has 8 aromatic rings. The van der Waals surface area contributed by atoms with Gasteiger partial charge in [0.2, 0.25) is 0 Å². The Morgan fingerprint density at radius 1 is 0.689 bits per heavy atom. The highest BCUT2D eigenvalue weighted by molar-refractivity contribution is 8.00. The van der Waals surface area contributed by atoms with E-state index in [1.165, 1.54) is 85.6 Å². The molecule has 0 radical (unpaired) electrons. The third kappa shape index (κ3) is 14.7. The molecule has 0 saturated carbocycles. The van der Waals surface area contributed by atoms with Gasteiger partial charge in [0.15, 0.2) is 32.3 Å². The summed E-state index contributed by atoms with van der Waals surface area (Å²) in [6.45, 7) is 6.15. The van der Waals surface area contributed by atoms with Gasteiger partial charge in [0.05, 0.1) is 35.7 Å². The second-order valence-corrected chi connectivity index (χ2v) is 22.2. The number of rotatable bonds is 13. The number of nitrogens with zero attached hydrogens (tertiary/aromatic N) is 8. The van der Waals surface area contributed by atoms with Crippen molar-refractivity contribution in [3.8, 4) is 46.6 Å². The van der Waals surface area contributed by atoms with Crippen LogP contribution in [-0.2, 0) is 0 Å². The molecule has 4 aromatic heterocycles. The van der Waals surface area contributed by atoms with Crippen molar-refractivity contribution in [2.24, 2.45) is 11.8 Å². The lowest BCUT2D eigenvalue weighted by Gasteiger charge is -2.29. The van der Waals surface area contributed by atoms with Crippen LogP contribution in [0, 0.1) is 34.5 Å². The minimum atomic E-state index is 0.286. The van der Waals surface area contributed by atoms with Crippen molar-refractivity contribution >= 4 is 118 Å². The molecule has 2 unspecified atom stereocenters. The van der Waals surface area contributed by atoms with Gasteiger partial charge in [-0.25, -0.2) is 15.0 Å². The fourth-order valence-electron chi connectivity index (χ4n) is 8.10. The Balaban J connectivity index is 0.000000163. The Bertz CT molecular complexity index is 3280. The molecule has 2 fully saturated rings. The smallest absolute Gasteiger partial charge is 0.189 e. The summed E-state index contributed by atoms with van der Waals surface area (Å²) in [5.41, 5.74) is 8.90. The summed E-state index contributed by atoms with van der Waals surface area (Å²) in [7, 11) is 4.34.